The van der Waals surface area contributed by atoms with Crippen molar-refractivity contribution in [1.29, 1.82) is 0 Å². The van der Waals surface area contributed by atoms with E-state index in [1.54, 1.807) is 54.6 Å². The molecule has 0 unspecified atom stereocenters. The molecule has 0 N–H and O–H groups in total. The minimum Gasteiger partial charge on any atom is -0.492 e. The number of allylic oxidation sites excluding steroid dienone is 2. The smallest absolute Gasteiger partial charge is 0.344 e. The molecule has 1 aromatic heterocycles. The number of carbonyl (C=O) groups excluding carboxylic acids is 2. The summed E-state index contributed by atoms with van der Waals surface area (Å²) >= 11 is 0. The van der Waals surface area contributed by atoms with Crippen molar-refractivity contribution in [2.75, 3.05) is 27.2 Å². The minimum absolute atomic E-state index is 0.0486. The first-order chi connectivity index (χ1) is 19.4. The first-order valence-corrected chi connectivity index (χ1v) is 12.8. The fraction of sp³-hybridized carbons (Fsp3) is 0.121. The number of ether oxygens (including phenoxy) is 2. The van der Waals surface area contributed by atoms with Gasteiger partial charge in [0, 0.05) is 29.1 Å². The lowest BCUT2D eigenvalue weighted by Crippen LogP contribution is -2.20. The normalized spacial score (nSPS) is 13.0. The molecule has 1 aliphatic carbocycles. The number of fused-ring (bicyclic) bond motifs is 3. The zero-order valence-corrected chi connectivity index (χ0v) is 22.0. The Hall–Kier alpha value is -5.01. The van der Waals surface area contributed by atoms with Gasteiger partial charge in [0.05, 0.1) is 5.56 Å². The summed E-state index contributed by atoms with van der Waals surface area (Å²) in [6.07, 6.45) is 1.23. The maximum atomic E-state index is 13.2. The molecule has 0 amide bonds. The van der Waals surface area contributed by atoms with Gasteiger partial charge in [0.25, 0.3) is 0 Å². The second-order valence-electron chi connectivity index (χ2n) is 9.87. The number of likely N-dealkylation sites (N-methyl/N-ethyl adjacent to an activating group) is 1. The topological polar surface area (TPSA) is 86.0 Å². The quantitative estimate of drug-likeness (QED) is 0.242. The zero-order valence-electron chi connectivity index (χ0n) is 22.0. The van der Waals surface area contributed by atoms with Crippen molar-refractivity contribution in [1.82, 2.24) is 4.90 Å². The third kappa shape index (κ3) is 4.90. The van der Waals surface area contributed by atoms with Gasteiger partial charge in [0.2, 0.25) is 5.78 Å². The minimum atomic E-state index is -0.470. The van der Waals surface area contributed by atoms with E-state index in [1.807, 2.05) is 49.3 Å². The van der Waals surface area contributed by atoms with Gasteiger partial charge in [-0.05, 0) is 79.0 Å². The van der Waals surface area contributed by atoms with Crippen LogP contribution >= 0.6 is 0 Å². The van der Waals surface area contributed by atoms with E-state index in [-0.39, 0.29) is 17.3 Å². The highest BCUT2D eigenvalue weighted by molar-refractivity contribution is 6.25. The fourth-order valence-corrected chi connectivity index (χ4v) is 4.67. The van der Waals surface area contributed by atoms with Gasteiger partial charge in [-0.25, -0.2) is 4.79 Å². The summed E-state index contributed by atoms with van der Waals surface area (Å²) in [5.74, 6) is 0.358. The predicted octanol–water partition coefficient (Wildman–Crippen LogP) is 5.90. The number of Topliss-reactive ketones (excluding diaryl/α,β-unsaturated/α-hetero) is 1. The molecule has 0 atom stereocenters. The Morgan fingerprint density at radius 1 is 0.725 bits per heavy atom. The van der Waals surface area contributed by atoms with E-state index in [2.05, 4.69) is 0 Å². The van der Waals surface area contributed by atoms with Crippen LogP contribution in [0.1, 0.15) is 20.7 Å². The van der Waals surface area contributed by atoms with Gasteiger partial charge >= 0.3 is 5.63 Å². The summed E-state index contributed by atoms with van der Waals surface area (Å²) < 4.78 is 17.2. The van der Waals surface area contributed by atoms with E-state index in [0.717, 1.165) is 22.7 Å². The maximum Gasteiger partial charge on any atom is 0.344 e. The lowest BCUT2D eigenvalue weighted by Gasteiger charge is -2.17. The summed E-state index contributed by atoms with van der Waals surface area (Å²) in [5.41, 5.74) is 1.68. The molecule has 0 radical (unpaired) electrons. The molecule has 5 aromatic rings. The largest absolute Gasteiger partial charge is 0.492 e. The first-order valence-electron chi connectivity index (χ1n) is 12.8. The predicted molar refractivity (Wildman–Crippen MR) is 153 cm³/mol. The summed E-state index contributed by atoms with van der Waals surface area (Å²) in [6.45, 7) is 1.32. The monoisotopic (exact) mass is 531 g/mol. The van der Waals surface area contributed by atoms with Crippen LogP contribution in [0.4, 0.5) is 0 Å². The zero-order chi connectivity index (χ0) is 27.8. The van der Waals surface area contributed by atoms with E-state index in [4.69, 9.17) is 13.9 Å². The molecule has 1 aliphatic rings. The van der Waals surface area contributed by atoms with E-state index in [0.29, 0.717) is 45.9 Å². The average molecular weight is 532 g/mol. The molecule has 0 saturated heterocycles. The SMILES string of the molecule is CN(C)CCOc1ccc2oc(=O)c(-c3ccc(OC4=CC(=O)c5cc6ccccc6cc5C4=O)cc3)cc2c1. The average Bonchev–Trinajstić information content (AvgIpc) is 2.95. The van der Waals surface area contributed by atoms with Crippen molar-refractivity contribution in [2.45, 2.75) is 0 Å². The lowest BCUT2D eigenvalue weighted by molar-refractivity contribution is 0.0947. The second-order valence-corrected chi connectivity index (χ2v) is 9.87. The molecule has 0 fully saturated rings. The fourth-order valence-electron chi connectivity index (χ4n) is 4.67. The van der Waals surface area contributed by atoms with Gasteiger partial charge in [0.15, 0.2) is 11.5 Å². The van der Waals surface area contributed by atoms with E-state index in [9.17, 15) is 14.4 Å². The third-order valence-corrected chi connectivity index (χ3v) is 6.79. The highest BCUT2D eigenvalue weighted by Gasteiger charge is 2.28. The van der Waals surface area contributed by atoms with Gasteiger partial charge < -0.3 is 18.8 Å². The van der Waals surface area contributed by atoms with Gasteiger partial charge in [-0.2, -0.15) is 0 Å². The molecule has 0 aliphatic heterocycles. The number of benzene rings is 4. The third-order valence-electron chi connectivity index (χ3n) is 6.79. The molecule has 40 heavy (non-hydrogen) atoms. The van der Waals surface area contributed by atoms with Gasteiger partial charge in [-0.1, -0.05) is 36.4 Å². The number of nitrogens with zero attached hydrogens (tertiary/aromatic N) is 1. The molecule has 6 rings (SSSR count). The van der Waals surface area contributed by atoms with E-state index in [1.165, 1.54) is 6.08 Å². The van der Waals surface area contributed by atoms with Crippen LogP contribution in [-0.2, 0) is 0 Å². The molecule has 198 valence electrons. The maximum absolute atomic E-state index is 13.2. The van der Waals surface area contributed by atoms with Crippen molar-refractivity contribution in [3.63, 3.8) is 0 Å². The van der Waals surface area contributed by atoms with Crippen LogP contribution in [0.5, 0.6) is 11.5 Å². The summed E-state index contributed by atoms with van der Waals surface area (Å²) in [5, 5.41) is 2.50. The Morgan fingerprint density at radius 3 is 2.12 bits per heavy atom. The Morgan fingerprint density at radius 2 is 1.40 bits per heavy atom. The molecule has 0 saturated carbocycles. The molecule has 4 aromatic carbocycles. The molecule has 7 heteroatoms. The lowest BCUT2D eigenvalue weighted by atomic mass is 9.90. The Labute approximate surface area is 229 Å². The second kappa shape index (κ2) is 10.3. The van der Waals surface area contributed by atoms with Crippen molar-refractivity contribution >= 4 is 33.3 Å². The number of ketones is 2. The Balaban J connectivity index is 1.24. The Kier molecular flexibility index (Phi) is 6.50. The number of hydrogen-bond acceptors (Lipinski definition) is 7. The highest BCUT2D eigenvalue weighted by Crippen LogP contribution is 2.30. The standard InChI is InChI=1S/C33H25NO6/c1-34(2)13-14-38-25-11-12-30-23(15-25)18-26(33(37)40-30)20-7-9-24(10-8-20)39-31-19-29(35)27-16-21-5-3-4-6-22(21)17-28(27)32(31)36/h3-12,15-19H,13-14H2,1-2H3. The Bertz CT molecular complexity index is 1880. The molecule has 7 nitrogen and oxygen atoms in total. The molecule has 0 bridgehead atoms. The van der Waals surface area contributed by atoms with Crippen molar-refractivity contribution in [2.24, 2.45) is 0 Å². The van der Waals surface area contributed by atoms with Gasteiger partial charge in [-0.15, -0.1) is 0 Å². The van der Waals surface area contributed by atoms with E-state index >= 15 is 0 Å². The highest BCUT2D eigenvalue weighted by atomic mass is 16.5. The first kappa shape index (κ1) is 25.3. The molecular weight excluding hydrogens is 506 g/mol. The van der Waals surface area contributed by atoms with Crippen LogP contribution in [0.3, 0.4) is 0 Å². The molecular formula is C33H25NO6. The number of carbonyl (C=O) groups is 2. The summed E-state index contributed by atoms with van der Waals surface area (Å²) in [4.78, 5) is 40.8. The van der Waals surface area contributed by atoms with Crippen LogP contribution in [0.2, 0.25) is 0 Å². The summed E-state index contributed by atoms with van der Waals surface area (Å²) in [6, 6.07) is 24.9. The molecule has 0 spiro atoms. The van der Waals surface area contributed by atoms with Crippen LogP contribution in [0.25, 0.3) is 32.9 Å². The number of rotatable bonds is 7. The summed E-state index contributed by atoms with van der Waals surface area (Å²) in [7, 11) is 3.95. The van der Waals surface area contributed by atoms with Crippen LogP contribution < -0.4 is 15.1 Å². The van der Waals surface area contributed by atoms with Gasteiger partial charge in [-0.3, -0.25) is 9.59 Å². The van der Waals surface area contributed by atoms with Crippen molar-refractivity contribution in [3.05, 3.63) is 118 Å². The van der Waals surface area contributed by atoms with Crippen molar-refractivity contribution in [3.8, 4) is 22.6 Å². The van der Waals surface area contributed by atoms with E-state index < -0.39 is 5.63 Å². The van der Waals surface area contributed by atoms with Crippen LogP contribution in [0.15, 0.2) is 106 Å². The molecule has 1 heterocycles. The van der Waals surface area contributed by atoms with Crippen LogP contribution in [0, 0.1) is 0 Å². The van der Waals surface area contributed by atoms with Crippen LogP contribution in [-0.4, -0.2) is 43.7 Å². The van der Waals surface area contributed by atoms with Crippen molar-refractivity contribution < 1.29 is 23.5 Å². The van der Waals surface area contributed by atoms with Gasteiger partial charge in [0.1, 0.15) is 23.7 Å². The number of hydrogen-bond donors (Lipinski definition) is 0.